The third-order valence-electron chi connectivity index (χ3n) is 6.18. The third kappa shape index (κ3) is 8.26. The molecule has 0 saturated heterocycles. The molecule has 3 aromatic rings. The van der Waals surface area contributed by atoms with Gasteiger partial charge in [-0.15, -0.1) is 0 Å². The number of amides is 3. The second-order valence-corrected chi connectivity index (χ2v) is 9.55. The van der Waals surface area contributed by atoms with Crippen LogP contribution in [0.4, 0.5) is 10.5 Å². The Balaban J connectivity index is 2.08. The molecule has 0 radical (unpaired) electrons. The summed E-state index contributed by atoms with van der Waals surface area (Å²) >= 11 is 0. The van der Waals surface area contributed by atoms with Crippen molar-refractivity contribution in [1.29, 1.82) is 0 Å². The monoisotopic (exact) mass is 591 g/mol. The van der Waals surface area contributed by atoms with E-state index < -0.39 is 25.0 Å². The van der Waals surface area contributed by atoms with Crippen LogP contribution in [0.2, 0.25) is 0 Å². The fourth-order valence-corrected chi connectivity index (χ4v) is 4.04. The van der Waals surface area contributed by atoms with E-state index in [0.29, 0.717) is 41.0 Å². The van der Waals surface area contributed by atoms with Gasteiger partial charge in [0.2, 0.25) is 6.79 Å². The number of carbonyl (C=O) groups is 4. The third-order valence-corrected chi connectivity index (χ3v) is 6.18. The maximum atomic E-state index is 13.8. The van der Waals surface area contributed by atoms with Gasteiger partial charge in [0.1, 0.15) is 0 Å². The highest BCUT2D eigenvalue weighted by molar-refractivity contribution is 6.23. The summed E-state index contributed by atoms with van der Waals surface area (Å²) in [5.41, 5.74) is 8.59. The summed E-state index contributed by atoms with van der Waals surface area (Å²) in [5.74, 6) is -1.36. The van der Waals surface area contributed by atoms with Crippen LogP contribution in [0.1, 0.15) is 75.1 Å². The molecule has 5 N–H and O–H groups in total. The smallest absolute Gasteiger partial charge is 0.423 e. The van der Waals surface area contributed by atoms with Gasteiger partial charge in [-0.25, -0.2) is 19.5 Å². The van der Waals surface area contributed by atoms with Crippen LogP contribution in [-0.4, -0.2) is 65.7 Å². The van der Waals surface area contributed by atoms with E-state index in [4.69, 9.17) is 15.2 Å². The SMILES string of the molecule is CCCNC(=O)c1ccc(C)c(N(C(=O)OCOC(=O)c2cccnc2)/C(=N/C(C)N)c2[nH]cc(C(=O)NCC)c2C)c1. The molecule has 0 aliphatic carbocycles. The lowest BCUT2D eigenvalue weighted by atomic mass is 10.1. The number of carbonyl (C=O) groups excluding carboxylic acids is 4. The fraction of sp³-hybridized carbons (Fsp3) is 0.333. The number of ether oxygens (including phenoxy) is 2. The number of aromatic nitrogens is 2. The van der Waals surface area contributed by atoms with E-state index in [9.17, 15) is 19.2 Å². The minimum absolute atomic E-state index is 0.0286. The molecule has 43 heavy (non-hydrogen) atoms. The number of aliphatic imine (C=N–C) groups is 1. The fourth-order valence-electron chi connectivity index (χ4n) is 4.04. The Morgan fingerprint density at radius 3 is 2.49 bits per heavy atom. The van der Waals surface area contributed by atoms with Gasteiger partial charge in [0.25, 0.3) is 11.8 Å². The van der Waals surface area contributed by atoms with Gasteiger partial charge >= 0.3 is 12.1 Å². The zero-order chi connectivity index (χ0) is 31.5. The van der Waals surface area contributed by atoms with Gasteiger partial charge in [0.15, 0.2) is 5.84 Å². The number of nitrogens with one attached hydrogen (secondary N) is 3. The molecular formula is C30H37N7O6. The van der Waals surface area contributed by atoms with Crippen LogP contribution in [-0.2, 0) is 9.47 Å². The standard InChI is InChI=1S/C30H37N7O6/c1-6-12-34-27(38)21-11-10-18(3)24(14-21)37(30(41)43-17-42-29(40)22-9-8-13-32-15-22)26(36-20(5)31)25-19(4)23(16-35-25)28(39)33-7-2/h8-11,13-16,20,35H,6-7,12,17,31H2,1-5H3,(H,33,39)(H,34,38)/b36-26+. The van der Waals surface area contributed by atoms with Gasteiger partial charge < -0.3 is 30.8 Å². The highest BCUT2D eigenvalue weighted by atomic mass is 16.7. The summed E-state index contributed by atoms with van der Waals surface area (Å²) in [6.45, 7) is 8.96. The van der Waals surface area contributed by atoms with Crippen molar-refractivity contribution in [3.05, 3.63) is 82.4 Å². The lowest BCUT2D eigenvalue weighted by Gasteiger charge is -2.26. The van der Waals surface area contributed by atoms with Crippen molar-refractivity contribution >= 4 is 35.4 Å². The van der Waals surface area contributed by atoms with Crippen LogP contribution in [0.25, 0.3) is 0 Å². The number of amidine groups is 1. The summed E-state index contributed by atoms with van der Waals surface area (Å²) in [5, 5.41) is 5.57. The Bertz CT molecular complexity index is 1480. The minimum Gasteiger partial charge on any atom is -0.424 e. The zero-order valence-corrected chi connectivity index (χ0v) is 24.9. The topological polar surface area (TPSA) is 181 Å². The zero-order valence-electron chi connectivity index (χ0n) is 24.9. The molecule has 3 rings (SSSR count). The molecular weight excluding hydrogens is 554 g/mol. The number of nitrogens with two attached hydrogens (primary N) is 1. The Hall–Kier alpha value is -5.04. The van der Waals surface area contributed by atoms with Crippen LogP contribution < -0.4 is 21.3 Å². The van der Waals surface area contributed by atoms with Crippen LogP contribution in [0.5, 0.6) is 0 Å². The predicted molar refractivity (Wildman–Crippen MR) is 161 cm³/mol. The summed E-state index contributed by atoms with van der Waals surface area (Å²) < 4.78 is 10.5. The highest BCUT2D eigenvalue weighted by Gasteiger charge is 2.31. The molecule has 0 spiro atoms. The number of nitrogens with zero attached hydrogens (tertiary/aromatic N) is 3. The molecule has 3 amide bonds. The largest absolute Gasteiger partial charge is 0.424 e. The van der Waals surface area contributed by atoms with E-state index in [1.54, 1.807) is 45.9 Å². The molecule has 0 bridgehead atoms. The minimum atomic E-state index is -0.971. The number of aryl methyl sites for hydroxylation is 1. The number of esters is 1. The van der Waals surface area contributed by atoms with Crippen molar-refractivity contribution < 1.29 is 28.7 Å². The Morgan fingerprint density at radius 2 is 1.84 bits per heavy atom. The second kappa shape index (κ2) is 15.3. The quantitative estimate of drug-likeness (QED) is 0.113. The highest BCUT2D eigenvalue weighted by Crippen LogP contribution is 2.27. The molecule has 13 heteroatoms. The molecule has 1 atom stereocenters. The Morgan fingerprint density at radius 1 is 1.07 bits per heavy atom. The van der Waals surface area contributed by atoms with Crippen LogP contribution in [0.15, 0.2) is 53.9 Å². The number of benzene rings is 1. The number of hydrogen-bond acceptors (Lipinski definition) is 9. The van der Waals surface area contributed by atoms with Gasteiger partial charge in [-0.3, -0.25) is 14.6 Å². The van der Waals surface area contributed by atoms with Crippen LogP contribution >= 0.6 is 0 Å². The molecule has 13 nitrogen and oxygen atoms in total. The number of pyridine rings is 1. The molecule has 228 valence electrons. The van der Waals surface area contributed by atoms with E-state index in [-0.39, 0.29) is 28.9 Å². The van der Waals surface area contributed by atoms with Crippen LogP contribution in [0.3, 0.4) is 0 Å². The number of anilines is 1. The molecule has 1 aromatic carbocycles. The Kier molecular flexibility index (Phi) is 11.5. The van der Waals surface area contributed by atoms with Crippen molar-refractivity contribution in [1.82, 2.24) is 20.6 Å². The lowest BCUT2D eigenvalue weighted by Crippen LogP contribution is -2.41. The maximum absolute atomic E-state index is 13.8. The van der Waals surface area contributed by atoms with Crippen molar-refractivity contribution in [3.8, 4) is 0 Å². The molecule has 0 aliphatic rings. The first-order chi connectivity index (χ1) is 20.6. The molecule has 0 aliphatic heterocycles. The first kappa shape index (κ1) is 32.5. The van der Waals surface area contributed by atoms with Gasteiger partial charge in [-0.2, -0.15) is 0 Å². The van der Waals surface area contributed by atoms with E-state index in [1.807, 2.05) is 6.92 Å². The predicted octanol–water partition coefficient (Wildman–Crippen LogP) is 3.43. The van der Waals surface area contributed by atoms with E-state index in [0.717, 1.165) is 11.3 Å². The van der Waals surface area contributed by atoms with E-state index in [2.05, 4.69) is 25.6 Å². The number of hydrogen-bond donors (Lipinski definition) is 4. The number of H-pyrrole nitrogens is 1. The first-order valence-electron chi connectivity index (χ1n) is 13.8. The van der Waals surface area contributed by atoms with Crippen molar-refractivity contribution in [2.75, 3.05) is 24.8 Å². The summed E-state index contributed by atoms with van der Waals surface area (Å²) in [6, 6.07) is 7.93. The molecule has 2 aromatic heterocycles. The van der Waals surface area contributed by atoms with Crippen molar-refractivity contribution in [2.24, 2.45) is 10.7 Å². The number of rotatable bonds is 11. The van der Waals surface area contributed by atoms with Gasteiger partial charge in [0, 0.05) is 37.2 Å². The van der Waals surface area contributed by atoms with Gasteiger partial charge in [-0.05, 0) is 69.5 Å². The second-order valence-electron chi connectivity index (χ2n) is 9.55. The lowest BCUT2D eigenvalue weighted by molar-refractivity contribution is 0.0000561. The molecule has 1 unspecified atom stereocenters. The maximum Gasteiger partial charge on any atom is 0.423 e. The summed E-state index contributed by atoms with van der Waals surface area (Å²) in [6.07, 6.45) is 3.32. The molecule has 0 fully saturated rings. The van der Waals surface area contributed by atoms with E-state index in [1.165, 1.54) is 30.7 Å². The average molecular weight is 592 g/mol. The average Bonchev–Trinajstić information content (AvgIpc) is 3.37. The number of aromatic amines is 1. The van der Waals surface area contributed by atoms with Crippen molar-refractivity contribution in [3.63, 3.8) is 0 Å². The summed E-state index contributed by atoms with van der Waals surface area (Å²) in [7, 11) is 0. The van der Waals surface area contributed by atoms with Gasteiger partial charge in [0.05, 0.1) is 28.7 Å². The normalized spacial score (nSPS) is 11.8. The first-order valence-corrected chi connectivity index (χ1v) is 13.8. The summed E-state index contributed by atoms with van der Waals surface area (Å²) in [4.78, 5) is 64.3. The van der Waals surface area contributed by atoms with Crippen molar-refractivity contribution in [2.45, 2.75) is 47.2 Å². The van der Waals surface area contributed by atoms with E-state index >= 15 is 0 Å². The van der Waals surface area contributed by atoms with Gasteiger partial charge in [-0.1, -0.05) is 13.0 Å². The molecule has 0 saturated carbocycles. The van der Waals surface area contributed by atoms with Crippen LogP contribution in [0, 0.1) is 13.8 Å². The Labute approximate surface area is 249 Å². The molecule has 2 heterocycles.